The molecule has 80 valence electrons. The minimum Gasteiger partial charge on any atom is -0.321 e. The Bertz CT molecular complexity index is 604. The normalized spacial score (nSPS) is 15.2. The highest BCUT2D eigenvalue weighted by Gasteiger charge is 2.22. The first-order valence-corrected chi connectivity index (χ1v) is 5.62. The molecule has 3 rings (SSSR count). The maximum Gasteiger partial charge on any atom is 0.256 e. The Kier molecular flexibility index (Phi) is 1.95. The van der Waals surface area contributed by atoms with Gasteiger partial charge < -0.3 is 5.32 Å². The van der Waals surface area contributed by atoms with Gasteiger partial charge in [0, 0.05) is 16.6 Å². The Hall–Kier alpha value is -1.54. The van der Waals surface area contributed by atoms with Crippen molar-refractivity contribution >= 4 is 34.0 Å². The van der Waals surface area contributed by atoms with E-state index in [1.165, 1.54) is 0 Å². The largest absolute Gasteiger partial charge is 0.321 e. The van der Waals surface area contributed by atoms with Crippen molar-refractivity contribution in [3.05, 3.63) is 41.5 Å². The van der Waals surface area contributed by atoms with Crippen LogP contribution in [0.1, 0.15) is 28.2 Å². The van der Waals surface area contributed by atoms with Gasteiger partial charge in [-0.3, -0.25) is 4.79 Å². The van der Waals surface area contributed by atoms with Crippen LogP contribution < -0.4 is 5.32 Å². The molecule has 3 heteroatoms. The average Bonchev–Trinajstić information content (AvgIpc) is 2.58. The van der Waals surface area contributed by atoms with Gasteiger partial charge in [-0.15, -0.1) is 11.6 Å². The highest BCUT2D eigenvalue weighted by atomic mass is 35.5. The van der Waals surface area contributed by atoms with Crippen LogP contribution in [-0.4, -0.2) is 5.91 Å². The molecule has 2 aromatic carbocycles. The Morgan fingerprint density at radius 1 is 1.31 bits per heavy atom. The highest BCUT2D eigenvalue weighted by Crippen LogP contribution is 2.35. The van der Waals surface area contributed by atoms with Crippen LogP contribution in [0.25, 0.3) is 10.8 Å². The molecule has 1 amide bonds. The molecular formula is C13H10ClNO. The molecule has 0 aliphatic carbocycles. The number of anilines is 1. The molecule has 16 heavy (non-hydrogen) atoms. The van der Waals surface area contributed by atoms with E-state index in [9.17, 15) is 4.79 Å². The number of rotatable bonds is 1. The van der Waals surface area contributed by atoms with Crippen molar-refractivity contribution in [1.29, 1.82) is 0 Å². The topological polar surface area (TPSA) is 29.1 Å². The summed E-state index contributed by atoms with van der Waals surface area (Å²) in [5.41, 5.74) is 2.61. The van der Waals surface area contributed by atoms with Crippen LogP contribution in [0.5, 0.6) is 0 Å². The number of hydrogen-bond donors (Lipinski definition) is 1. The fraction of sp³-hybridized carbons (Fsp3) is 0.154. The third-order valence-electron chi connectivity index (χ3n) is 2.95. The third kappa shape index (κ3) is 1.23. The van der Waals surface area contributed by atoms with E-state index >= 15 is 0 Å². The average molecular weight is 232 g/mol. The minimum atomic E-state index is -0.0855. The summed E-state index contributed by atoms with van der Waals surface area (Å²) in [5.74, 6) is -0.0367. The monoisotopic (exact) mass is 231 g/mol. The predicted molar refractivity (Wildman–Crippen MR) is 66.2 cm³/mol. The number of alkyl halides is 1. The molecule has 1 atom stereocenters. The molecule has 0 bridgehead atoms. The van der Waals surface area contributed by atoms with Crippen LogP contribution in [0.3, 0.4) is 0 Å². The summed E-state index contributed by atoms with van der Waals surface area (Å²) in [6.07, 6.45) is 0. The molecule has 0 fully saturated rings. The smallest absolute Gasteiger partial charge is 0.256 e. The van der Waals surface area contributed by atoms with E-state index in [1.54, 1.807) is 0 Å². The molecule has 0 aromatic heterocycles. The highest BCUT2D eigenvalue weighted by molar-refractivity contribution is 6.25. The second-order valence-corrected chi connectivity index (χ2v) is 4.70. The number of nitrogens with one attached hydrogen (secondary N) is 1. The molecule has 1 heterocycles. The molecule has 1 aliphatic heterocycles. The molecule has 1 aliphatic rings. The predicted octanol–water partition coefficient (Wildman–Crippen LogP) is 3.71. The first-order valence-electron chi connectivity index (χ1n) is 5.19. The van der Waals surface area contributed by atoms with Crippen LogP contribution in [0.15, 0.2) is 30.3 Å². The van der Waals surface area contributed by atoms with Crippen molar-refractivity contribution in [3.63, 3.8) is 0 Å². The molecule has 1 N–H and O–H groups in total. The molecule has 0 spiro atoms. The molecule has 2 aromatic rings. The van der Waals surface area contributed by atoms with Crippen LogP contribution in [0.2, 0.25) is 0 Å². The van der Waals surface area contributed by atoms with E-state index in [4.69, 9.17) is 11.6 Å². The first-order chi connectivity index (χ1) is 7.66. The number of carbonyl (C=O) groups is 1. The number of amides is 1. The Morgan fingerprint density at radius 3 is 2.88 bits per heavy atom. The lowest BCUT2D eigenvalue weighted by molar-refractivity contribution is 0.103. The van der Waals surface area contributed by atoms with Crippen LogP contribution in [0, 0.1) is 0 Å². The van der Waals surface area contributed by atoms with Gasteiger partial charge in [0.2, 0.25) is 0 Å². The molecule has 1 unspecified atom stereocenters. The maximum atomic E-state index is 11.8. The van der Waals surface area contributed by atoms with Gasteiger partial charge in [0.1, 0.15) is 0 Å². The van der Waals surface area contributed by atoms with Gasteiger partial charge in [0.05, 0.1) is 5.38 Å². The fourth-order valence-electron chi connectivity index (χ4n) is 2.15. The van der Waals surface area contributed by atoms with Crippen LogP contribution in [-0.2, 0) is 0 Å². The van der Waals surface area contributed by atoms with Gasteiger partial charge in [-0.05, 0) is 36.1 Å². The maximum absolute atomic E-state index is 11.8. The minimum absolute atomic E-state index is 0.0367. The summed E-state index contributed by atoms with van der Waals surface area (Å²) in [5, 5.41) is 4.84. The zero-order valence-electron chi connectivity index (χ0n) is 8.75. The zero-order chi connectivity index (χ0) is 11.3. The Labute approximate surface area is 98.2 Å². The van der Waals surface area contributed by atoms with Crippen molar-refractivity contribution in [1.82, 2.24) is 0 Å². The van der Waals surface area contributed by atoms with Gasteiger partial charge in [-0.25, -0.2) is 0 Å². The van der Waals surface area contributed by atoms with Crippen molar-refractivity contribution in [2.45, 2.75) is 12.3 Å². The van der Waals surface area contributed by atoms with Gasteiger partial charge in [-0.1, -0.05) is 12.1 Å². The van der Waals surface area contributed by atoms with E-state index in [2.05, 4.69) is 5.32 Å². The summed E-state index contributed by atoms with van der Waals surface area (Å²) in [4.78, 5) is 11.8. The lowest BCUT2D eigenvalue weighted by atomic mass is 10.0. The van der Waals surface area contributed by atoms with Crippen LogP contribution >= 0.6 is 11.6 Å². The second kappa shape index (κ2) is 3.22. The standard InChI is InChI=1S/C13H10ClNO/c1-7(14)9-5-8-3-2-4-11-12(8)10(6-9)13(16)15-11/h2-7H,1H3,(H,15,16). The quantitative estimate of drug-likeness (QED) is 0.745. The van der Waals surface area contributed by atoms with Gasteiger partial charge in [0.25, 0.3) is 5.91 Å². The van der Waals surface area contributed by atoms with Gasteiger partial charge >= 0.3 is 0 Å². The number of hydrogen-bond acceptors (Lipinski definition) is 1. The third-order valence-corrected chi connectivity index (χ3v) is 3.20. The van der Waals surface area contributed by atoms with Crippen molar-refractivity contribution in [2.75, 3.05) is 5.32 Å². The Balaban J connectivity index is 2.41. The van der Waals surface area contributed by atoms with E-state index in [1.807, 2.05) is 37.3 Å². The molecular weight excluding hydrogens is 222 g/mol. The SMILES string of the molecule is CC(Cl)c1cc2c3c(cccc3c1)NC2=O. The first kappa shape index (κ1) is 9.67. The second-order valence-electron chi connectivity index (χ2n) is 4.04. The summed E-state index contributed by atoms with van der Waals surface area (Å²) in [6.45, 7) is 1.91. The summed E-state index contributed by atoms with van der Waals surface area (Å²) in [7, 11) is 0. The fourth-order valence-corrected chi connectivity index (χ4v) is 2.28. The lowest BCUT2D eigenvalue weighted by Crippen LogP contribution is -2.04. The lowest BCUT2D eigenvalue weighted by Gasteiger charge is -2.06. The summed E-state index contributed by atoms with van der Waals surface area (Å²) >= 11 is 6.07. The molecule has 0 radical (unpaired) electrons. The van der Waals surface area contributed by atoms with E-state index in [0.29, 0.717) is 0 Å². The van der Waals surface area contributed by atoms with Crippen LogP contribution in [0.4, 0.5) is 5.69 Å². The van der Waals surface area contributed by atoms with E-state index in [0.717, 1.165) is 27.6 Å². The van der Waals surface area contributed by atoms with Crippen molar-refractivity contribution in [2.24, 2.45) is 0 Å². The molecule has 0 saturated heterocycles. The molecule has 2 nitrogen and oxygen atoms in total. The van der Waals surface area contributed by atoms with Gasteiger partial charge in [0.15, 0.2) is 0 Å². The summed E-state index contributed by atoms with van der Waals surface area (Å²) in [6, 6.07) is 9.79. The van der Waals surface area contributed by atoms with Gasteiger partial charge in [-0.2, -0.15) is 0 Å². The number of benzene rings is 2. The van der Waals surface area contributed by atoms with E-state index < -0.39 is 0 Å². The van der Waals surface area contributed by atoms with Crippen molar-refractivity contribution < 1.29 is 4.79 Å². The molecule has 0 saturated carbocycles. The van der Waals surface area contributed by atoms with E-state index in [-0.39, 0.29) is 11.3 Å². The van der Waals surface area contributed by atoms with Crippen molar-refractivity contribution in [3.8, 4) is 0 Å². The summed E-state index contributed by atoms with van der Waals surface area (Å²) < 4.78 is 0. The Morgan fingerprint density at radius 2 is 2.12 bits per heavy atom. The number of carbonyl (C=O) groups excluding carboxylic acids is 1. The zero-order valence-corrected chi connectivity index (χ0v) is 9.51. The number of halogens is 1.